The van der Waals surface area contributed by atoms with Gasteiger partial charge < -0.3 is 15.1 Å². The van der Waals surface area contributed by atoms with Crippen LogP contribution in [0.15, 0.2) is 108 Å². The molecule has 6 rings (SSSR count). The maximum Gasteiger partial charge on any atom is 0.193 e. The van der Waals surface area contributed by atoms with Gasteiger partial charge in [0.2, 0.25) is 0 Å². The second-order valence-electron chi connectivity index (χ2n) is 9.33. The van der Waals surface area contributed by atoms with E-state index in [1.165, 1.54) is 5.69 Å². The SMILES string of the molecule is Cc1nc2c(cc1N1CCN(c3ccccc3)CC1)c(=O)cc(Nc1ccccc1)n2-c1ccccc1. The van der Waals surface area contributed by atoms with Crippen LogP contribution >= 0.6 is 0 Å². The molecule has 6 heteroatoms. The van der Waals surface area contributed by atoms with E-state index in [-0.39, 0.29) is 5.43 Å². The van der Waals surface area contributed by atoms with E-state index in [4.69, 9.17) is 4.98 Å². The topological polar surface area (TPSA) is 53.4 Å². The van der Waals surface area contributed by atoms with Crippen molar-refractivity contribution in [2.75, 3.05) is 41.3 Å². The number of para-hydroxylation sites is 3. The van der Waals surface area contributed by atoms with Gasteiger partial charge in [-0.2, -0.15) is 0 Å². The number of benzene rings is 3. The fourth-order valence-electron chi connectivity index (χ4n) is 5.08. The second-order valence-corrected chi connectivity index (χ2v) is 9.33. The van der Waals surface area contributed by atoms with Crippen LogP contribution in [-0.4, -0.2) is 35.7 Å². The van der Waals surface area contributed by atoms with Crippen LogP contribution in [0.25, 0.3) is 16.7 Å². The molecule has 0 saturated carbocycles. The van der Waals surface area contributed by atoms with Gasteiger partial charge in [0.25, 0.3) is 0 Å². The molecule has 37 heavy (non-hydrogen) atoms. The molecule has 5 aromatic rings. The third-order valence-corrected chi connectivity index (χ3v) is 6.95. The smallest absolute Gasteiger partial charge is 0.193 e. The number of nitrogens with one attached hydrogen (secondary N) is 1. The van der Waals surface area contributed by atoms with Gasteiger partial charge in [-0.05, 0) is 49.4 Å². The highest BCUT2D eigenvalue weighted by atomic mass is 16.1. The minimum Gasteiger partial charge on any atom is -0.368 e. The van der Waals surface area contributed by atoms with Crippen LogP contribution in [0.5, 0.6) is 0 Å². The molecule has 1 saturated heterocycles. The summed E-state index contributed by atoms with van der Waals surface area (Å²) in [6, 6.07) is 34.2. The zero-order valence-electron chi connectivity index (χ0n) is 20.8. The lowest BCUT2D eigenvalue weighted by Gasteiger charge is -2.38. The van der Waals surface area contributed by atoms with Gasteiger partial charge in [0.15, 0.2) is 5.43 Å². The highest BCUT2D eigenvalue weighted by Crippen LogP contribution is 2.29. The van der Waals surface area contributed by atoms with Crippen molar-refractivity contribution in [2.24, 2.45) is 0 Å². The van der Waals surface area contributed by atoms with E-state index in [1.807, 2.05) is 84.3 Å². The summed E-state index contributed by atoms with van der Waals surface area (Å²) in [5.74, 6) is 0.686. The Morgan fingerprint density at radius 3 is 1.92 bits per heavy atom. The first kappa shape index (κ1) is 22.9. The number of piperazine rings is 1. The van der Waals surface area contributed by atoms with Crippen molar-refractivity contribution >= 4 is 33.9 Å². The van der Waals surface area contributed by atoms with Crippen molar-refractivity contribution in [2.45, 2.75) is 6.92 Å². The largest absolute Gasteiger partial charge is 0.368 e. The summed E-state index contributed by atoms with van der Waals surface area (Å²) < 4.78 is 2.04. The van der Waals surface area contributed by atoms with Crippen molar-refractivity contribution in [3.63, 3.8) is 0 Å². The summed E-state index contributed by atoms with van der Waals surface area (Å²) in [7, 11) is 0. The Hall–Kier alpha value is -4.58. The summed E-state index contributed by atoms with van der Waals surface area (Å²) in [5, 5.41) is 4.05. The van der Waals surface area contributed by atoms with Gasteiger partial charge in [0.05, 0.1) is 16.8 Å². The molecule has 1 fully saturated rings. The standard InChI is InChI=1S/C31H29N5O/c1-23-28(35-19-17-34(18-20-35)25-13-7-3-8-14-25)21-27-29(37)22-30(33-24-11-5-2-6-12-24)36(31(27)32-23)26-15-9-4-10-16-26/h2-16,21-22,33H,17-20H2,1H3. The van der Waals surface area contributed by atoms with E-state index in [0.717, 1.165) is 48.9 Å². The number of hydrogen-bond donors (Lipinski definition) is 1. The molecule has 2 aromatic heterocycles. The normalized spacial score (nSPS) is 13.6. The predicted molar refractivity (Wildman–Crippen MR) is 153 cm³/mol. The number of nitrogens with zero attached hydrogens (tertiary/aromatic N) is 4. The van der Waals surface area contributed by atoms with E-state index < -0.39 is 0 Å². The number of aromatic nitrogens is 2. The van der Waals surface area contributed by atoms with Gasteiger partial charge in [0, 0.05) is 49.3 Å². The van der Waals surface area contributed by atoms with Crippen LogP contribution in [0.1, 0.15) is 5.69 Å². The third-order valence-electron chi connectivity index (χ3n) is 6.95. The summed E-state index contributed by atoms with van der Waals surface area (Å²) in [5.41, 5.74) is 5.66. The molecule has 0 spiro atoms. The molecule has 0 radical (unpaired) electrons. The summed E-state index contributed by atoms with van der Waals surface area (Å²) in [4.78, 5) is 23.2. The number of aryl methyl sites for hydroxylation is 1. The van der Waals surface area contributed by atoms with E-state index in [9.17, 15) is 4.79 Å². The molecule has 1 aliphatic heterocycles. The van der Waals surface area contributed by atoms with Crippen molar-refractivity contribution in [1.29, 1.82) is 0 Å². The molecule has 0 unspecified atom stereocenters. The van der Waals surface area contributed by atoms with Crippen molar-refractivity contribution in [3.05, 3.63) is 119 Å². The molecule has 0 bridgehead atoms. The van der Waals surface area contributed by atoms with Crippen LogP contribution in [0.4, 0.5) is 22.9 Å². The first-order valence-corrected chi connectivity index (χ1v) is 12.7. The Morgan fingerprint density at radius 2 is 1.27 bits per heavy atom. The first-order valence-electron chi connectivity index (χ1n) is 12.7. The van der Waals surface area contributed by atoms with E-state index >= 15 is 0 Å². The average molecular weight is 488 g/mol. The Morgan fingerprint density at radius 1 is 0.703 bits per heavy atom. The van der Waals surface area contributed by atoms with Crippen LogP contribution in [-0.2, 0) is 0 Å². The summed E-state index contributed by atoms with van der Waals surface area (Å²) in [6.07, 6.45) is 0. The van der Waals surface area contributed by atoms with Gasteiger partial charge >= 0.3 is 0 Å². The fraction of sp³-hybridized carbons (Fsp3) is 0.161. The predicted octanol–water partition coefficient (Wildman–Crippen LogP) is 5.76. The van der Waals surface area contributed by atoms with Crippen molar-refractivity contribution in [1.82, 2.24) is 9.55 Å². The molecule has 6 nitrogen and oxygen atoms in total. The Kier molecular flexibility index (Phi) is 6.06. The van der Waals surface area contributed by atoms with Crippen LogP contribution in [0, 0.1) is 6.92 Å². The second kappa shape index (κ2) is 9.82. The van der Waals surface area contributed by atoms with E-state index in [1.54, 1.807) is 6.07 Å². The number of pyridine rings is 2. The van der Waals surface area contributed by atoms with Gasteiger partial charge in [-0.3, -0.25) is 9.36 Å². The molecule has 184 valence electrons. The van der Waals surface area contributed by atoms with Crippen molar-refractivity contribution < 1.29 is 0 Å². The number of hydrogen-bond acceptors (Lipinski definition) is 5. The first-order chi connectivity index (χ1) is 18.2. The Bertz CT molecular complexity index is 1580. The monoisotopic (exact) mass is 487 g/mol. The lowest BCUT2D eigenvalue weighted by molar-refractivity contribution is 0.651. The number of anilines is 4. The minimum absolute atomic E-state index is 0.0442. The highest BCUT2D eigenvalue weighted by Gasteiger charge is 2.21. The van der Waals surface area contributed by atoms with Gasteiger partial charge in [0.1, 0.15) is 11.5 Å². The summed E-state index contributed by atoms with van der Waals surface area (Å²) in [6.45, 7) is 5.65. The fourth-order valence-corrected chi connectivity index (χ4v) is 5.08. The third kappa shape index (κ3) is 4.54. The van der Waals surface area contributed by atoms with Crippen LogP contribution in [0.2, 0.25) is 0 Å². The number of fused-ring (bicyclic) bond motifs is 1. The highest BCUT2D eigenvalue weighted by molar-refractivity contribution is 5.84. The molecule has 3 aromatic carbocycles. The van der Waals surface area contributed by atoms with Crippen LogP contribution in [0.3, 0.4) is 0 Å². The molecule has 0 atom stereocenters. The summed E-state index contributed by atoms with van der Waals surface area (Å²) >= 11 is 0. The molecule has 0 amide bonds. The zero-order chi connectivity index (χ0) is 25.2. The maximum atomic E-state index is 13.4. The maximum absolute atomic E-state index is 13.4. The van der Waals surface area contributed by atoms with E-state index in [0.29, 0.717) is 16.9 Å². The lowest BCUT2D eigenvalue weighted by atomic mass is 10.1. The molecular weight excluding hydrogens is 458 g/mol. The van der Waals surface area contributed by atoms with Gasteiger partial charge in [-0.15, -0.1) is 0 Å². The molecule has 3 heterocycles. The zero-order valence-corrected chi connectivity index (χ0v) is 20.8. The Balaban J connectivity index is 1.40. The van der Waals surface area contributed by atoms with Crippen LogP contribution < -0.4 is 20.5 Å². The van der Waals surface area contributed by atoms with Gasteiger partial charge in [-0.1, -0.05) is 54.6 Å². The van der Waals surface area contributed by atoms with E-state index in [2.05, 4.69) is 39.4 Å². The van der Waals surface area contributed by atoms with Crippen molar-refractivity contribution in [3.8, 4) is 5.69 Å². The quantitative estimate of drug-likeness (QED) is 0.341. The van der Waals surface area contributed by atoms with Gasteiger partial charge in [-0.25, -0.2) is 4.98 Å². The number of rotatable bonds is 5. The Labute approximate surface area is 216 Å². The minimum atomic E-state index is -0.0442. The average Bonchev–Trinajstić information content (AvgIpc) is 2.95. The molecule has 0 aliphatic carbocycles. The molecular formula is C31H29N5O. The molecule has 1 aliphatic rings. The lowest BCUT2D eigenvalue weighted by Crippen LogP contribution is -2.46. The molecule has 1 N–H and O–H groups in total.